The normalized spacial score (nSPS) is 16.3. The van der Waals surface area contributed by atoms with Gasteiger partial charge in [-0.25, -0.2) is 13.6 Å². The fourth-order valence-electron chi connectivity index (χ4n) is 3.96. The minimum atomic E-state index is -0.610. The molecule has 1 aliphatic rings. The summed E-state index contributed by atoms with van der Waals surface area (Å²) in [5, 5.41) is 16.3. The number of aliphatic hydroxyl groups is 1. The number of anilines is 1. The van der Waals surface area contributed by atoms with E-state index in [-0.39, 0.29) is 36.5 Å². The Bertz CT molecular complexity index is 1110. The van der Waals surface area contributed by atoms with Crippen LogP contribution in [0.4, 0.5) is 19.3 Å². The van der Waals surface area contributed by atoms with Crippen LogP contribution in [0.5, 0.6) is 5.75 Å². The van der Waals surface area contributed by atoms with Crippen molar-refractivity contribution in [1.29, 1.82) is 0 Å². The van der Waals surface area contributed by atoms with Crippen LogP contribution in [0.25, 0.3) is 10.8 Å². The van der Waals surface area contributed by atoms with Crippen LogP contribution in [0.3, 0.4) is 0 Å². The van der Waals surface area contributed by atoms with Crippen LogP contribution in [0.2, 0.25) is 0 Å². The maximum absolute atomic E-state index is 14.0. The predicted octanol–water partition coefficient (Wildman–Crippen LogP) is 3.89. The number of amides is 2. The summed E-state index contributed by atoms with van der Waals surface area (Å²) in [4.78, 5) is 14.7. The summed E-state index contributed by atoms with van der Waals surface area (Å²) in [6, 6.07) is 14.5. The quantitative estimate of drug-likeness (QED) is 0.520. The van der Waals surface area contributed by atoms with Gasteiger partial charge in [-0.3, -0.25) is 4.90 Å². The van der Waals surface area contributed by atoms with Crippen molar-refractivity contribution < 1.29 is 23.4 Å². The van der Waals surface area contributed by atoms with Gasteiger partial charge in [-0.05, 0) is 53.1 Å². The highest BCUT2D eigenvalue weighted by Crippen LogP contribution is 2.28. The Morgan fingerprint density at radius 2 is 1.94 bits per heavy atom. The van der Waals surface area contributed by atoms with Gasteiger partial charge in [0.05, 0.1) is 12.3 Å². The van der Waals surface area contributed by atoms with E-state index in [0.717, 1.165) is 35.8 Å². The number of carbonyl (C=O) groups excluding carboxylic acids is 1. The fourth-order valence-corrected chi connectivity index (χ4v) is 3.96. The highest BCUT2D eigenvalue weighted by atomic mass is 19.1. The number of rotatable bonds is 7. The summed E-state index contributed by atoms with van der Waals surface area (Å²) >= 11 is 0. The van der Waals surface area contributed by atoms with Crippen LogP contribution >= 0.6 is 0 Å². The first-order valence-electron chi connectivity index (χ1n) is 10.5. The molecule has 168 valence electrons. The van der Waals surface area contributed by atoms with Crippen molar-refractivity contribution in [2.75, 3.05) is 31.6 Å². The lowest BCUT2D eigenvalue weighted by atomic mass is 10.1. The van der Waals surface area contributed by atoms with Crippen molar-refractivity contribution in [3.05, 3.63) is 71.8 Å². The largest absolute Gasteiger partial charge is 0.486 e. The molecular formula is C24H25F2N3O3. The number of para-hydroxylation sites is 1. The molecule has 0 spiro atoms. The van der Waals surface area contributed by atoms with Gasteiger partial charge >= 0.3 is 6.03 Å². The molecule has 1 fully saturated rings. The van der Waals surface area contributed by atoms with Crippen LogP contribution < -0.4 is 15.4 Å². The van der Waals surface area contributed by atoms with Gasteiger partial charge in [0.2, 0.25) is 0 Å². The molecule has 1 saturated heterocycles. The second-order valence-corrected chi connectivity index (χ2v) is 7.83. The standard InChI is InChI=1S/C24H25F2N3O3/c25-19-7-6-17-12-16(4-5-18(17)13-19)14-29-9-8-20(15-29)27-24(31)28-22-3-1-2-21(26)23(22)32-11-10-30/h1-7,12-13,20,30H,8-11,14-15H2,(H2,27,28,31)/t20-/m1/s1. The first-order chi connectivity index (χ1) is 15.5. The van der Waals surface area contributed by atoms with E-state index in [1.165, 1.54) is 24.3 Å². The Morgan fingerprint density at radius 3 is 2.78 bits per heavy atom. The number of carbonyl (C=O) groups is 1. The van der Waals surface area contributed by atoms with Crippen LogP contribution in [0, 0.1) is 11.6 Å². The van der Waals surface area contributed by atoms with Crippen LogP contribution in [0.15, 0.2) is 54.6 Å². The number of nitrogens with one attached hydrogen (secondary N) is 2. The molecule has 4 rings (SSSR count). The van der Waals surface area contributed by atoms with E-state index >= 15 is 0 Å². The van der Waals surface area contributed by atoms with Crippen molar-refractivity contribution in [2.24, 2.45) is 0 Å². The Kier molecular flexibility index (Phi) is 6.82. The number of hydrogen-bond donors (Lipinski definition) is 3. The monoisotopic (exact) mass is 441 g/mol. The maximum atomic E-state index is 14.0. The first kappa shape index (κ1) is 22.0. The summed E-state index contributed by atoms with van der Waals surface area (Å²) in [7, 11) is 0. The lowest BCUT2D eigenvalue weighted by Gasteiger charge is -2.18. The molecule has 3 N–H and O–H groups in total. The maximum Gasteiger partial charge on any atom is 0.319 e. The number of fused-ring (bicyclic) bond motifs is 1. The molecule has 8 heteroatoms. The number of urea groups is 1. The molecule has 1 aliphatic heterocycles. The zero-order valence-corrected chi connectivity index (χ0v) is 17.5. The van der Waals surface area contributed by atoms with Crippen molar-refractivity contribution in [1.82, 2.24) is 10.2 Å². The minimum absolute atomic E-state index is 0.0417. The molecule has 1 heterocycles. The number of halogens is 2. The SMILES string of the molecule is O=C(Nc1cccc(F)c1OCCO)N[C@@H]1CCN(Cc2ccc3cc(F)ccc3c2)C1. The van der Waals surface area contributed by atoms with Gasteiger partial charge in [-0.2, -0.15) is 0 Å². The zero-order chi connectivity index (χ0) is 22.5. The smallest absolute Gasteiger partial charge is 0.319 e. The van der Waals surface area contributed by atoms with E-state index in [9.17, 15) is 13.6 Å². The third-order valence-corrected chi connectivity index (χ3v) is 5.43. The summed E-state index contributed by atoms with van der Waals surface area (Å²) in [6.07, 6.45) is 0.795. The van der Waals surface area contributed by atoms with Gasteiger partial charge in [0.15, 0.2) is 11.6 Å². The zero-order valence-electron chi connectivity index (χ0n) is 17.5. The third-order valence-electron chi connectivity index (χ3n) is 5.43. The molecule has 0 bridgehead atoms. The third kappa shape index (κ3) is 5.33. The molecular weight excluding hydrogens is 416 g/mol. The van der Waals surface area contributed by atoms with Crippen LogP contribution in [-0.4, -0.2) is 48.4 Å². The molecule has 0 unspecified atom stereocenters. The molecule has 32 heavy (non-hydrogen) atoms. The topological polar surface area (TPSA) is 73.8 Å². The number of nitrogens with zero attached hydrogens (tertiary/aromatic N) is 1. The molecule has 3 aromatic carbocycles. The minimum Gasteiger partial charge on any atom is -0.486 e. The highest BCUT2D eigenvalue weighted by molar-refractivity contribution is 5.91. The lowest BCUT2D eigenvalue weighted by molar-refractivity contribution is 0.197. The van der Waals surface area contributed by atoms with E-state index in [4.69, 9.17) is 9.84 Å². The summed E-state index contributed by atoms with van der Waals surface area (Å²) in [5.74, 6) is -0.954. The molecule has 3 aromatic rings. The number of hydrogen-bond acceptors (Lipinski definition) is 4. The Labute approximate surface area is 184 Å². The van der Waals surface area contributed by atoms with E-state index in [0.29, 0.717) is 6.54 Å². The fraction of sp³-hybridized carbons (Fsp3) is 0.292. The van der Waals surface area contributed by atoms with Crippen molar-refractivity contribution in [3.63, 3.8) is 0 Å². The number of aliphatic hydroxyl groups excluding tert-OH is 1. The molecule has 2 amide bonds. The van der Waals surface area contributed by atoms with Crippen molar-refractivity contribution in [2.45, 2.75) is 19.0 Å². The predicted molar refractivity (Wildman–Crippen MR) is 119 cm³/mol. The number of ether oxygens (including phenoxy) is 1. The van der Waals surface area contributed by atoms with Crippen molar-refractivity contribution in [3.8, 4) is 5.75 Å². The summed E-state index contributed by atoms with van der Waals surface area (Å²) in [6.45, 7) is 1.92. The van der Waals surface area contributed by atoms with Gasteiger partial charge in [-0.1, -0.05) is 24.3 Å². The van der Waals surface area contributed by atoms with Crippen molar-refractivity contribution >= 4 is 22.5 Å². The Morgan fingerprint density at radius 1 is 1.12 bits per heavy atom. The molecule has 6 nitrogen and oxygen atoms in total. The summed E-state index contributed by atoms with van der Waals surface area (Å²) < 4.78 is 32.6. The van der Waals surface area contributed by atoms with E-state index in [1.807, 2.05) is 12.1 Å². The number of benzene rings is 3. The molecule has 1 atom stereocenters. The first-order valence-corrected chi connectivity index (χ1v) is 10.5. The summed E-state index contributed by atoms with van der Waals surface area (Å²) in [5.41, 5.74) is 1.33. The average molecular weight is 441 g/mol. The highest BCUT2D eigenvalue weighted by Gasteiger charge is 2.24. The van der Waals surface area contributed by atoms with Gasteiger partial charge in [0, 0.05) is 25.7 Å². The Hall–Kier alpha value is -3.23. The second-order valence-electron chi connectivity index (χ2n) is 7.83. The van der Waals surface area contributed by atoms with Crippen LogP contribution in [-0.2, 0) is 6.54 Å². The van der Waals surface area contributed by atoms with Gasteiger partial charge in [0.1, 0.15) is 12.4 Å². The van der Waals surface area contributed by atoms with Gasteiger partial charge in [0.25, 0.3) is 0 Å². The lowest BCUT2D eigenvalue weighted by Crippen LogP contribution is -2.39. The van der Waals surface area contributed by atoms with Gasteiger partial charge < -0.3 is 20.5 Å². The van der Waals surface area contributed by atoms with Gasteiger partial charge in [-0.15, -0.1) is 0 Å². The molecule has 0 aliphatic carbocycles. The van der Waals surface area contributed by atoms with E-state index in [1.54, 1.807) is 12.1 Å². The molecule has 0 radical (unpaired) electrons. The van der Waals surface area contributed by atoms with E-state index < -0.39 is 11.8 Å². The molecule has 0 saturated carbocycles. The number of likely N-dealkylation sites (tertiary alicyclic amines) is 1. The second kappa shape index (κ2) is 9.93. The average Bonchev–Trinajstić information content (AvgIpc) is 3.20. The van der Waals surface area contributed by atoms with E-state index in [2.05, 4.69) is 21.6 Å². The Balaban J connectivity index is 1.32. The molecule has 0 aromatic heterocycles. The van der Waals surface area contributed by atoms with Crippen LogP contribution in [0.1, 0.15) is 12.0 Å².